The lowest BCUT2D eigenvalue weighted by Gasteiger charge is -2.34. The Morgan fingerprint density at radius 1 is 1.22 bits per heavy atom. The van der Waals surface area contributed by atoms with Crippen LogP contribution < -0.4 is 0 Å². The lowest BCUT2D eigenvalue weighted by Crippen LogP contribution is -2.37. The molecule has 3 heterocycles. The SMILES string of the molecule is N#CC1(CO)CC12CCN(Cc1cnc3n1CCCCC3)CC2. The number of aryl methyl sites for hydroxylation is 1. The first kappa shape index (κ1) is 15.2. The molecule has 0 amide bonds. The van der Waals surface area contributed by atoms with Crippen LogP contribution in [0.4, 0.5) is 0 Å². The van der Waals surface area contributed by atoms with Gasteiger partial charge in [0.2, 0.25) is 0 Å². The monoisotopic (exact) mass is 314 g/mol. The van der Waals surface area contributed by atoms with Gasteiger partial charge >= 0.3 is 0 Å². The van der Waals surface area contributed by atoms with Gasteiger partial charge in [0.15, 0.2) is 0 Å². The molecule has 1 aromatic rings. The van der Waals surface area contributed by atoms with Crippen molar-refractivity contribution in [2.45, 2.75) is 58.0 Å². The van der Waals surface area contributed by atoms with E-state index in [2.05, 4.69) is 26.7 Å². The molecule has 4 rings (SSSR count). The second-order valence-electron chi connectivity index (χ2n) is 7.71. The van der Waals surface area contributed by atoms with Crippen molar-refractivity contribution in [2.24, 2.45) is 10.8 Å². The normalized spacial score (nSPS) is 29.7. The summed E-state index contributed by atoms with van der Waals surface area (Å²) in [4.78, 5) is 7.13. The van der Waals surface area contributed by atoms with Crippen molar-refractivity contribution in [3.63, 3.8) is 0 Å². The van der Waals surface area contributed by atoms with Crippen LogP contribution in [0, 0.1) is 22.2 Å². The standard InChI is InChI=1S/C18H26N4O/c19-13-18(14-23)12-17(18)5-8-21(9-6-17)11-15-10-20-16-4-2-1-3-7-22(15)16/h10,23H,1-9,11-12,14H2. The van der Waals surface area contributed by atoms with E-state index >= 15 is 0 Å². The van der Waals surface area contributed by atoms with E-state index in [1.54, 1.807) is 0 Å². The second kappa shape index (κ2) is 5.61. The highest BCUT2D eigenvalue weighted by molar-refractivity contribution is 5.25. The van der Waals surface area contributed by atoms with Gasteiger partial charge in [-0.3, -0.25) is 4.90 Å². The number of fused-ring (bicyclic) bond motifs is 1. The fraction of sp³-hybridized carbons (Fsp3) is 0.778. The fourth-order valence-electron chi connectivity index (χ4n) is 4.76. The van der Waals surface area contributed by atoms with Crippen molar-refractivity contribution >= 4 is 0 Å². The molecule has 3 aliphatic rings. The van der Waals surface area contributed by atoms with Crippen molar-refractivity contribution in [1.29, 1.82) is 5.26 Å². The first-order chi connectivity index (χ1) is 11.2. The van der Waals surface area contributed by atoms with Gasteiger partial charge in [0.1, 0.15) is 5.82 Å². The van der Waals surface area contributed by atoms with Gasteiger partial charge in [0, 0.05) is 25.7 Å². The number of nitrogens with zero attached hydrogens (tertiary/aromatic N) is 4. The molecule has 1 atom stereocenters. The maximum atomic E-state index is 9.56. The zero-order valence-electron chi connectivity index (χ0n) is 13.8. The molecule has 1 aliphatic carbocycles. The lowest BCUT2D eigenvalue weighted by molar-refractivity contribution is 0.123. The Morgan fingerprint density at radius 3 is 2.74 bits per heavy atom. The Balaban J connectivity index is 1.40. The Labute approximate surface area is 137 Å². The number of hydrogen-bond acceptors (Lipinski definition) is 4. The van der Waals surface area contributed by atoms with Gasteiger partial charge in [-0.15, -0.1) is 0 Å². The third kappa shape index (κ3) is 2.40. The topological polar surface area (TPSA) is 65.1 Å². The smallest absolute Gasteiger partial charge is 0.108 e. The summed E-state index contributed by atoms with van der Waals surface area (Å²) in [6, 6.07) is 2.39. The van der Waals surface area contributed by atoms with E-state index in [-0.39, 0.29) is 12.0 Å². The van der Waals surface area contributed by atoms with Crippen LogP contribution in [0.25, 0.3) is 0 Å². The summed E-state index contributed by atoms with van der Waals surface area (Å²) in [5, 5.41) is 18.9. The van der Waals surface area contributed by atoms with Crippen molar-refractivity contribution in [1.82, 2.24) is 14.5 Å². The van der Waals surface area contributed by atoms with Gasteiger partial charge in [-0.2, -0.15) is 5.26 Å². The number of aliphatic hydroxyl groups is 1. The molecule has 2 fully saturated rings. The number of nitriles is 1. The van der Waals surface area contributed by atoms with Crippen LogP contribution in [-0.2, 0) is 19.5 Å². The van der Waals surface area contributed by atoms with Crippen LogP contribution in [0.2, 0.25) is 0 Å². The van der Waals surface area contributed by atoms with Crippen LogP contribution in [0.1, 0.15) is 50.0 Å². The predicted octanol–water partition coefficient (Wildman–Crippen LogP) is 2.10. The number of piperidine rings is 1. The van der Waals surface area contributed by atoms with Crippen LogP contribution >= 0.6 is 0 Å². The Morgan fingerprint density at radius 2 is 2.04 bits per heavy atom. The molecule has 2 aliphatic heterocycles. The van der Waals surface area contributed by atoms with Crippen LogP contribution in [0.15, 0.2) is 6.20 Å². The first-order valence-electron chi connectivity index (χ1n) is 9.00. The zero-order valence-corrected chi connectivity index (χ0v) is 13.8. The van der Waals surface area contributed by atoms with E-state index in [9.17, 15) is 10.4 Å². The molecule has 1 saturated heterocycles. The molecule has 1 saturated carbocycles. The van der Waals surface area contributed by atoms with Gasteiger partial charge < -0.3 is 9.67 Å². The average Bonchev–Trinajstić information content (AvgIpc) is 3.16. The van der Waals surface area contributed by atoms with Gasteiger partial charge in [0.25, 0.3) is 0 Å². The van der Waals surface area contributed by atoms with Gasteiger partial charge in [-0.1, -0.05) is 6.42 Å². The molecule has 1 unspecified atom stereocenters. The summed E-state index contributed by atoms with van der Waals surface area (Å²) in [5.74, 6) is 1.26. The summed E-state index contributed by atoms with van der Waals surface area (Å²) in [6.07, 6.45) is 10.0. The number of likely N-dealkylation sites (tertiary alicyclic amines) is 1. The third-order valence-corrected chi connectivity index (χ3v) is 6.52. The molecule has 1 spiro atoms. The molecular formula is C18H26N4O. The van der Waals surface area contributed by atoms with E-state index in [0.29, 0.717) is 0 Å². The molecule has 1 aromatic heterocycles. The van der Waals surface area contributed by atoms with Crippen LogP contribution in [-0.4, -0.2) is 39.3 Å². The number of imidazole rings is 1. The average molecular weight is 314 g/mol. The van der Waals surface area contributed by atoms with Gasteiger partial charge in [0.05, 0.1) is 23.8 Å². The largest absolute Gasteiger partial charge is 0.395 e. The molecule has 23 heavy (non-hydrogen) atoms. The second-order valence-corrected chi connectivity index (χ2v) is 7.71. The minimum atomic E-state index is -0.438. The highest BCUT2D eigenvalue weighted by Gasteiger charge is 2.67. The quantitative estimate of drug-likeness (QED) is 0.928. The molecule has 5 heteroatoms. The van der Waals surface area contributed by atoms with Crippen molar-refractivity contribution in [3.05, 3.63) is 17.7 Å². The summed E-state index contributed by atoms with van der Waals surface area (Å²) in [7, 11) is 0. The van der Waals surface area contributed by atoms with E-state index < -0.39 is 5.41 Å². The van der Waals surface area contributed by atoms with E-state index in [0.717, 1.165) is 51.9 Å². The van der Waals surface area contributed by atoms with Gasteiger partial charge in [-0.25, -0.2) is 4.98 Å². The Bertz CT molecular complexity index is 623. The Kier molecular flexibility index (Phi) is 3.70. The zero-order chi connectivity index (χ0) is 15.9. The van der Waals surface area contributed by atoms with Crippen molar-refractivity contribution in [3.8, 4) is 6.07 Å². The molecule has 1 N–H and O–H groups in total. The number of rotatable bonds is 3. The lowest BCUT2D eigenvalue weighted by atomic mass is 9.85. The van der Waals surface area contributed by atoms with E-state index in [1.165, 1.54) is 30.8 Å². The maximum Gasteiger partial charge on any atom is 0.108 e. The van der Waals surface area contributed by atoms with Crippen LogP contribution in [0.3, 0.4) is 0 Å². The minimum Gasteiger partial charge on any atom is -0.395 e. The summed E-state index contributed by atoms with van der Waals surface area (Å²) in [5.41, 5.74) is 1.01. The number of hydrogen-bond donors (Lipinski definition) is 1. The molecule has 0 aromatic carbocycles. The predicted molar refractivity (Wildman–Crippen MR) is 86.5 cm³/mol. The van der Waals surface area contributed by atoms with E-state index in [1.807, 2.05) is 0 Å². The maximum absolute atomic E-state index is 9.56. The minimum absolute atomic E-state index is 0.0274. The summed E-state index contributed by atoms with van der Waals surface area (Å²) < 4.78 is 2.43. The molecular weight excluding hydrogens is 288 g/mol. The fourth-order valence-corrected chi connectivity index (χ4v) is 4.76. The Hall–Kier alpha value is -1.38. The van der Waals surface area contributed by atoms with E-state index in [4.69, 9.17) is 0 Å². The summed E-state index contributed by atoms with van der Waals surface area (Å²) >= 11 is 0. The molecule has 124 valence electrons. The highest BCUT2D eigenvalue weighted by Crippen LogP contribution is 2.68. The van der Waals surface area contributed by atoms with Crippen LogP contribution in [0.5, 0.6) is 0 Å². The molecule has 0 radical (unpaired) electrons. The number of aliphatic hydroxyl groups excluding tert-OH is 1. The molecule has 5 nitrogen and oxygen atoms in total. The number of aromatic nitrogens is 2. The summed E-state index contributed by atoms with van der Waals surface area (Å²) in [6.45, 7) is 4.18. The first-order valence-corrected chi connectivity index (χ1v) is 9.00. The highest BCUT2D eigenvalue weighted by atomic mass is 16.3. The van der Waals surface area contributed by atoms with Crippen molar-refractivity contribution in [2.75, 3.05) is 19.7 Å². The van der Waals surface area contributed by atoms with Gasteiger partial charge in [-0.05, 0) is 50.6 Å². The van der Waals surface area contributed by atoms with Crippen molar-refractivity contribution < 1.29 is 5.11 Å². The molecule has 0 bridgehead atoms. The third-order valence-electron chi connectivity index (χ3n) is 6.52.